The second-order valence-corrected chi connectivity index (χ2v) is 4.92. The Morgan fingerprint density at radius 1 is 1.37 bits per heavy atom. The molecule has 1 aliphatic rings. The zero-order chi connectivity index (χ0) is 14.0. The van der Waals surface area contributed by atoms with Crippen molar-refractivity contribution in [2.24, 2.45) is 0 Å². The molecule has 0 aromatic heterocycles. The quantitative estimate of drug-likeness (QED) is 0.793. The maximum Gasteiger partial charge on any atom is 0.233 e. The van der Waals surface area contributed by atoms with Gasteiger partial charge in [0.1, 0.15) is 6.42 Å². The second-order valence-electron chi connectivity index (χ2n) is 4.92. The molecule has 19 heavy (non-hydrogen) atoms. The van der Waals surface area contributed by atoms with Crippen molar-refractivity contribution in [2.75, 3.05) is 18.4 Å². The molecule has 5 heteroatoms. The van der Waals surface area contributed by atoms with Crippen molar-refractivity contribution in [1.29, 1.82) is 0 Å². The third-order valence-electron chi connectivity index (χ3n) is 3.41. The van der Waals surface area contributed by atoms with Crippen LogP contribution in [0.5, 0.6) is 0 Å². The standard InChI is InChI=1S/C14H18N2O3/c1-9-4-3-5-12(10(9)2)15-13(18)6-14(19)16-7-11(17)8-16/h3-5,11,17H,6-8H2,1-2H3,(H,15,18). The van der Waals surface area contributed by atoms with E-state index in [1.165, 1.54) is 4.90 Å². The summed E-state index contributed by atoms with van der Waals surface area (Å²) in [4.78, 5) is 24.9. The molecule has 1 saturated heterocycles. The van der Waals surface area contributed by atoms with E-state index in [0.717, 1.165) is 16.8 Å². The first-order valence-corrected chi connectivity index (χ1v) is 6.29. The Balaban J connectivity index is 1.91. The summed E-state index contributed by atoms with van der Waals surface area (Å²) in [5.74, 6) is -0.562. The van der Waals surface area contributed by atoms with Gasteiger partial charge in [-0.15, -0.1) is 0 Å². The van der Waals surface area contributed by atoms with Gasteiger partial charge in [0.2, 0.25) is 11.8 Å². The van der Waals surface area contributed by atoms with E-state index >= 15 is 0 Å². The van der Waals surface area contributed by atoms with Gasteiger partial charge < -0.3 is 15.3 Å². The second kappa shape index (κ2) is 5.40. The van der Waals surface area contributed by atoms with Crippen molar-refractivity contribution in [3.63, 3.8) is 0 Å². The topological polar surface area (TPSA) is 69.6 Å². The van der Waals surface area contributed by atoms with Crippen LogP contribution >= 0.6 is 0 Å². The number of aliphatic hydroxyl groups is 1. The van der Waals surface area contributed by atoms with Crippen LogP contribution in [0.1, 0.15) is 17.5 Å². The van der Waals surface area contributed by atoms with Crippen LogP contribution in [-0.4, -0.2) is 41.0 Å². The van der Waals surface area contributed by atoms with Crippen molar-refractivity contribution in [2.45, 2.75) is 26.4 Å². The highest BCUT2D eigenvalue weighted by molar-refractivity contribution is 6.04. The molecule has 0 atom stereocenters. The first-order valence-electron chi connectivity index (χ1n) is 6.29. The molecule has 2 rings (SSSR count). The number of hydrogen-bond donors (Lipinski definition) is 2. The molecule has 102 valence electrons. The number of carbonyl (C=O) groups is 2. The van der Waals surface area contributed by atoms with Gasteiger partial charge in [0.05, 0.1) is 6.10 Å². The molecule has 1 fully saturated rings. The van der Waals surface area contributed by atoms with Crippen LogP contribution in [-0.2, 0) is 9.59 Å². The lowest BCUT2D eigenvalue weighted by atomic mass is 10.1. The minimum atomic E-state index is -0.439. The molecule has 2 N–H and O–H groups in total. The van der Waals surface area contributed by atoms with E-state index in [-0.39, 0.29) is 18.2 Å². The molecular formula is C14H18N2O3. The lowest BCUT2D eigenvalue weighted by Gasteiger charge is -2.35. The van der Waals surface area contributed by atoms with Gasteiger partial charge in [-0.1, -0.05) is 12.1 Å². The number of benzene rings is 1. The average Bonchev–Trinajstić information content (AvgIpc) is 2.31. The molecular weight excluding hydrogens is 244 g/mol. The van der Waals surface area contributed by atoms with E-state index in [1.54, 1.807) is 0 Å². The van der Waals surface area contributed by atoms with Crippen molar-refractivity contribution in [3.05, 3.63) is 29.3 Å². The minimum absolute atomic E-state index is 0.180. The van der Waals surface area contributed by atoms with Crippen LogP contribution in [0.2, 0.25) is 0 Å². The zero-order valence-electron chi connectivity index (χ0n) is 11.1. The normalized spacial score (nSPS) is 15.0. The van der Waals surface area contributed by atoms with Gasteiger partial charge in [0, 0.05) is 18.8 Å². The zero-order valence-corrected chi connectivity index (χ0v) is 11.1. The SMILES string of the molecule is Cc1cccc(NC(=O)CC(=O)N2CC(O)C2)c1C. The Kier molecular flexibility index (Phi) is 3.85. The number of amides is 2. The number of nitrogens with zero attached hydrogens (tertiary/aromatic N) is 1. The summed E-state index contributed by atoms with van der Waals surface area (Å²) in [6, 6.07) is 5.65. The van der Waals surface area contributed by atoms with Crippen LogP contribution in [0.25, 0.3) is 0 Å². The van der Waals surface area contributed by atoms with Gasteiger partial charge in [-0.2, -0.15) is 0 Å². The fourth-order valence-electron chi connectivity index (χ4n) is 1.99. The summed E-state index contributed by atoms with van der Waals surface area (Å²) in [6.45, 7) is 4.56. The highest BCUT2D eigenvalue weighted by Gasteiger charge is 2.29. The van der Waals surface area contributed by atoms with Crippen LogP contribution in [0.4, 0.5) is 5.69 Å². The number of rotatable bonds is 3. The van der Waals surface area contributed by atoms with Gasteiger partial charge >= 0.3 is 0 Å². The van der Waals surface area contributed by atoms with Crippen LogP contribution < -0.4 is 5.32 Å². The minimum Gasteiger partial charge on any atom is -0.389 e. The number of anilines is 1. The van der Waals surface area contributed by atoms with Crippen LogP contribution in [0.3, 0.4) is 0 Å². The summed E-state index contributed by atoms with van der Waals surface area (Å²) in [5.41, 5.74) is 2.83. The Bertz CT molecular complexity index is 507. The summed E-state index contributed by atoms with van der Waals surface area (Å²) in [7, 11) is 0. The average molecular weight is 262 g/mol. The Labute approximate surface area is 112 Å². The van der Waals surface area contributed by atoms with Crippen molar-refractivity contribution in [3.8, 4) is 0 Å². The molecule has 0 spiro atoms. The monoisotopic (exact) mass is 262 g/mol. The van der Waals surface area contributed by atoms with Gasteiger partial charge in [-0.25, -0.2) is 0 Å². The summed E-state index contributed by atoms with van der Waals surface area (Å²) < 4.78 is 0. The molecule has 0 bridgehead atoms. The maximum atomic E-state index is 11.8. The predicted molar refractivity (Wildman–Crippen MR) is 71.7 cm³/mol. The predicted octanol–water partition coefficient (Wildman–Crippen LogP) is 0.835. The molecule has 1 aromatic carbocycles. The Morgan fingerprint density at radius 3 is 2.68 bits per heavy atom. The molecule has 0 aliphatic carbocycles. The van der Waals surface area contributed by atoms with E-state index < -0.39 is 6.10 Å². The number of aryl methyl sites for hydroxylation is 1. The largest absolute Gasteiger partial charge is 0.389 e. The number of likely N-dealkylation sites (tertiary alicyclic amines) is 1. The molecule has 1 aliphatic heterocycles. The number of carbonyl (C=O) groups excluding carboxylic acids is 2. The summed E-state index contributed by atoms with van der Waals surface area (Å²) in [5, 5.41) is 11.9. The third kappa shape index (κ3) is 3.12. The first-order chi connectivity index (χ1) is 8.97. The van der Waals surface area contributed by atoms with Crippen molar-refractivity contribution >= 4 is 17.5 Å². The summed E-state index contributed by atoms with van der Waals surface area (Å²) in [6.07, 6.45) is -0.619. The number of β-amino-alcohol motifs (C(OH)–C–C–N with tert-alkyl or cyclic N) is 1. The first kappa shape index (κ1) is 13.5. The molecule has 2 amide bonds. The van der Waals surface area contributed by atoms with E-state index in [2.05, 4.69) is 5.32 Å². The van der Waals surface area contributed by atoms with E-state index in [4.69, 9.17) is 5.11 Å². The van der Waals surface area contributed by atoms with Crippen molar-refractivity contribution < 1.29 is 14.7 Å². The van der Waals surface area contributed by atoms with Gasteiger partial charge in [-0.05, 0) is 31.0 Å². The highest BCUT2D eigenvalue weighted by atomic mass is 16.3. The number of nitrogens with one attached hydrogen (secondary N) is 1. The Hall–Kier alpha value is -1.88. The van der Waals surface area contributed by atoms with E-state index in [1.807, 2.05) is 32.0 Å². The lowest BCUT2D eigenvalue weighted by Crippen LogP contribution is -2.54. The van der Waals surface area contributed by atoms with Gasteiger partial charge in [0.15, 0.2) is 0 Å². The third-order valence-corrected chi connectivity index (χ3v) is 3.41. The Morgan fingerprint density at radius 2 is 2.05 bits per heavy atom. The van der Waals surface area contributed by atoms with Gasteiger partial charge in [-0.3, -0.25) is 9.59 Å². The molecule has 1 aromatic rings. The van der Waals surface area contributed by atoms with Crippen molar-refractivity contribution in [1.82, 2.24) is 4.90 Å². The fourth-order valence-corrected chi connectivity index (χ4v) is 1.99. The molecule has 0 saturated carbocycles. The maximum absolute atomic E-state index is 11.8. The van der Waals surface area contributed by atoms with Crippen LogP contribution in [0, 0.1) is 13.8 Å². The molecule has 0 radical (unpaired) electrons. The highest BCUT2D eigenvalue weighted by Crippen LogP contribution is 2.18. The number of hydrogen-bond acceptors (Lipinski definition) is 3. The fraction of sp³-hybridized carbons (Fsp3) is 0.429. The molecule has 1 heterocycles. The number of aliphatic hydroxyl groups excluding tert-OH is 1. The van der Waals surface area contributed by atoms with Gasteiger partial charge in [0.25, 0.3) is 0 Å². The summed E-state index contributed by atoms with van der Waals surface area (Å²) >= 11 is 0. The van der Waals surface area contributed by atoms with E-state index in [9.17, 15) is 9.59 Å². The molecule has 5 nitrogen and oxygen atoms in total. The smallest absolute Gasteiger partial charge is 0.233 e. The molecule has 0 unspecified atom stereocenters. The van der Waals surface area contributed by atoms with E-state index in [0.29, 0.717) is 13.1 Å². The van der Waals surface area contributed by atoms with Crippen LogP contribution in [0.15, 0.2) is 18.2 Å². The lowest BCUT2D eigenvalue weighted by molar-refractivity contribution is -0.143.